The van der Waals surface area contributed by atoms with Crippen LogP contribution in [0.4, 0.5) is 14.5 Å². The molecule has 2 bridgehead atoms. The molecule has 0 unspecified atom stereocenters. The lowest BCUT2D eigenvalue weighted by Gasteiger charge is -2.35. The molecule has 1 aromatic rings. The summed E-state index contributed by atoms with van der Waals surface area (Å²) in [5, 5.41) is 2.54. The Kier molecular flexibility index (Phi) is 2.90. The third-order valence-corrected chi connectivity index (χ3v) is 5.63. The maximum atomic E-state index is 13.3. The third kappa shape index (κ3) is 1.61. The standard InChI is InChI=1S/C16H17F2NO3/c1-14(2)15(3)6-7-16(14,22-13(15)21)12(20)19-9-4-5-10(17)11(18)8-9/h4-5,8H,6-7H2,1-3H3,(H,19,20)/t15-,16-/m0/s1. The van der Waals surface area contributed by atoms with E-state index in [-0.39, 0.29) is 11.7 Å². The summed E-state index contributed by atoms with van der Waals surface area (Å²) in [7, 11) is 0. The van der Waals surface area contributed by atoms with Gasteiger partial charge in [0.1, 0.15) is 0 Å². The lowest BCUT2D eigenvalue weighted by Crippen LogP contribution is -2.50. The van der Waals surface area contributed by atoms with E-state index in [1.165, 1.54) is 6.07 Å². The number of hydrogen-bond donors (Lipinski definition) is 1. The highest BCUT2D eigenvalue weighted by Gasteiger charge is 2.75. The van der Waals surface area contributed by atoms with Crippen LogP contribution in [-0.2, 0) is 14.3 Å². The fourth-order valence-corrected chi connectivity index (χ4v) is 3.55. The van der Waals surface area contributed by atoms with Crippen molar-refractivity contribution in [3.63, 3.8) is 0 Å². The molecule has 1 saturated carbocycles. The molecule has 1 N–H and O–H groups in total. The van der Waals surface area contributed by atoms with Crippen LogP contribution in [0.15, 0.2) is 18.2 Å². The first-order valence-corrected chi connectivity index (χ1v) is 7.14. The van der Waals surface area contributed by atoms with Crippen LogP contribution in [0.3, 0.4) is 0 Å². The number of rotatable bonds is 2. The van der Waals surface area contributed by atoms with Crippen LogP contribution in [0.25, 0.3) is 0 Å². The first-order valence-electron chi connectivity index (χ1n) is 7.14. The van der Waals surface area contributed by atoms with Gasteiger partial charge in [-0.3, -0.25) is 9.59 Å². The van der Waals surface area contributed by atoms with Gasteiger partial charge in [0.2, 0.25) is 0 Å². The van der Waals surface area contributed by atoms with Crippen molar-refractivity contribution in [2.45, 2.75) is 39.2 Å². The predicted octanol–water partition coefficient (Wildman–Crippen LogP) is 3.03. The molecule has 1 aliphatic carbocycles. The molecule has 1 amide bonds. The topological polar surface area (TPSA) is 55.4 Å². The smallest absolute Gasteiger partial charge is 0.313 e. The Labute approximate surface area is 126 Å². The number of hydrogen-bond acceptors (Lipinski definition) is 3. The van der Waals surface area contributed by atoms with Gasteiger partial charge in [-0.25, -0.2) is 8.78 Å². The summed E-state index contributed by atoms with van der Waals surface area (Å²) in [6.07, 6.45) is 0.974. The minimum atomic E-state index is -1.27. The zero-order valence-corrected chi connectivity index (χ0v) is 12.6. The van der Waals surface area contributed by atoms with Gasteiger partial charge in [-0.2, -0.15) is 0 Å². The summed E-state index contributed by atoms with van der Waals surface area (Å²) in [6, 6.07) is 3.11. The van der Waals surface area contributed by atoms with Gasteiger partial charge >= 0.3 is 5.97 Å². The number of nitrogens with one attached hydrogen (secondary N) is 1. The second-order valence-electron chi connectivity index (χ2n) is 6.76. The highest BCUT2D eigenvalue weighted by Crippen LogP contribution is 2.65. The van der Waals surface area contributed by atoms with Gasteiger partial charge < -0.3 is 10.1 Å². The van der Waals surface area contributed by atoms with Crippen LogP contribution < -0.4 is 5.32 Å². The van der Waals surface area contributed by atoms with Crippen molar-refractivity contribution in [2.75, 3.05) is 5.32 Å². The van der Waals surface area contributed by atoms with Gasteiger partial charge in [-0.05, 0) is 31.9 Å². The summed E-state index contributed by atoms with van der Waals surface area (Å²) >= 11 is 0. The first kappa shape index (κ1) is 14.9. The Hall–Kier alpha value is -1.98. The number of ether oxygens (including phenoxy) is 1. The zero-order valence-electron chi connectivity index (χ0n) is 12.6. The maximum Gasteiger partial charge on any atom is 0.313 e. The van der Waals surface area contributed by atoms with Crippen molar-refractivity contribution >= 4 is 17.6 Å². The van der Waals surface area contributed by atoms with Crippen LogP contribution in [0, 0.1) is 22.5 Å². The van der Waals surface area contributed by atoms with Crippen molar-refractivity contribution in [1.82, 2.24) is 0 Å². The summed E-state index contributed by atoms with van der Waals surface area (Å²) in [4.78, 5) is 24.8. The van der Waals surface area contributed by atoms with E-state index in [0.717, 1.165) is 12.1 Å². The molecule has 22 heavy (non-hydrogen) atoms. The molecule has 0 radical (unpaired) electrons. The molecule has 4 nitrogen and oxygen atoms in total. The molecule has 2 atom stereocenters. The molecule has 1 saturated heterocycles. The Morgan fingerprint density at radius 1 is 1.18 bits per heavy atom. The molecule has 2 aliphatic rings. The number of fused-ring (bicyclic) bond motifs is 2. The van der Waals surface area contributed by atoms with Gasteiger partial charge in [0.25, 0.3) is 5.91 Å². The lowest BCUT2D eigenvalue weighted by molar-refractivity contribution is -0.165. The van der Waals surface area contributed by atoms with Gasteiger partial charge in [-0.15, -0.1) is 0 Å². The molecule has 118 valence electrons. The number of carbonyl (C=O) groups excluding carboxylic acids is 2. The van der Waals surface area contributed by atoms with E-state index in [9.17, 15) is 18.4 Å². The fourth-order valence-electron chi connectivity index (χ4n) is 3.55. The van der Waals surface area contributed by atoms with E-state index < -0.39 is 34.0 Å². The summed E-state index contributed by atoms with van der Waals surface area (Å²) < 4.78 is 31.6. The number of carbonyl (C=O) groups is 2. The van der Waals surface area contributed by atoms with E-state index in [1.54, 1.807) is 6.92 Å². The zero-order chi connectivity index (χ0) is 16.3. The average molecular weight is 309 g/mol. The molecule has 0 spiro atoms. The quantitative estimate of drug-likeness (QED) is 0.854. The largest absolute Gasteiger partial charge is 0.448 e. The van der Waals surface area contributed by atoms with Gasteiger partial charge in [0, 0.05) is 17.2 Å². The van der Waals surface area contributed by atoms with E-state index in [4.69, 9.17) is 4.74 Å². The van der Waals surface area contributed by atoms with Crippen LogP contribution in [0.2, 0.25) is 0 Å². The van der Waals surface area contributed by atoms with Crippen molar-refractivity contribution in [3.05, 3.63) is 29.8 Å². The summed E-state index contributed by atoms with van der Waals surface area (Å²) in [5.41, 5.74) is -2.53. The number of halogens is 2. The Morgan fingerprint density at radius 3 is 2.36 bits per heavy atom. The molecule has 1 aromatic carbocycles. The molecule has 0 aromatic heterocycles. The predicted molar refractivity (Wildman–Crippen MR) is 74.9 cm³/mol. The van der Waals surface area contributed by atoms with Crippen molar-refractivity contribution in [1.29, 1.82) is 0 Å². The van der Waals surface area contributed by atoms with E-state index in [2.05, 4.69) is 5.32 Å². The Bertz CT molecular complexity index is 688. The molecular weight excluding hydrogens is 292 g/mol. The highest BCUT2D eigenvalue weighted by molar-refractivity contribution is 6.03. The van der Waals surface area contributed by atoms with Gasteiger partial charge in [0.15, 0.2) is 17.2 Å². The molecular formula is C16H17F2NO3. The van der Waals surface area contributed by atoms with Crippen LogP contribution in [0.1, 0.15) is 33.6 Å². The minimum absolute atomic E-state index is 0.130. The molecule has 6 heteroatoms. The highest BCUT2D eigenvalue weighted by atomic mass is 19.2. The molecule has 1 aliphatic heterocycles. The monoisotopic (exact) mass is 309 g/mol. The molecule has 2 fully saturated rings. The lowest BCUT2D eigenvalue weighted by atomic mass is 9.66. The van der Waals surface area contributed by atoms with Crippen LogP contribution >= 0.6 is 0 Å². The van der Waals surface area contributed by atoms with Gasteiger partial charge in [-0.1, -0.05) is 13.8 Å². The van der Waals surface area contributed by atoms with E-state index in [1.807, 2.05) is 13.8 Å². The second-order valence-corrected chi connectivity index (χ2v) is 6.76. The van der Waals surface area contributed by atoms with E-state index >= 15 is 0 Å². The average Bonchev–Trinajstić information content (AvgIpc) is 2.73. The van der Waals surface area contributed by atoms with Crippen LogP contribution in [-0.4, -0.2) is 17.5 Å². The molecule has 3 rings (SSSR count). The number of benzene rings is 1. The number of anilines is 1. The minimum Gasteiger partial charge on any atom is -0.448 e. The van der Waals surface area contributed by atoms with Crippen LogP contribution in [0.5, 0.6) is 0 Å². The van der Waals surface area contributed by atoms with E-state index in [0.29, 0.717) is 12.8 Å². The normalized spacial score (nSPS) is 32.0. The van der Waals surface area contributed by atoms with Crippen molar-refractivity contribution < 1.29 is 23.1 Å². The fraction of sp³-hybridized carbons (Fsp3) is 0.500. The van der Waals surface area contributed by atoms with Crippen molar-refractivity contribution in [2.24, 2.45) is 10.8 Å². The summed E-state index contributed by atoms with van der Waals surface area (Å²) in [5.74, 6) is -2.92. The number of esters is 1. The molecule has 1 heterocycles. The first-order chi connectivity index (χ1) is 10.1. The Morgan fingerprint density at radius 2 is 1.86 bits per heavy atom. The third-order valence-electron chi connectivity index (χ3n) is 5.63. The van der Waals surface area contributed by atoms with Crippen molar-refractivity contribution in [3.8, 4) is 0 Å². The SMILES string of the molecule is CC1(C)[C@@]2(C)CC[C@@]1(C(=O)Nc1ccc(F)c(F)c1)OC2=O. The maximum absolute atomic E-state index is 13.3. The second kappa shape index (κ2) is 4.27. The Balaban J connectivity index is 1.92. The number of amides is 1. The summed E-state index contributed by atoms with van der Waals surface area (Å²) in [6.45, 7) is 5.46. The van der Waals surface area contributed by atoms with Gasteiger partial charge in [0.05, 0.1) is 5.41 Å².